The number of nitrogens with one attached hydrogen (secondary N) is 3. The largest absolute Gasteiger partial charge is 0.396 e. The summed E-state index contributed by atoms with van der Waals surface area (Å²) in [5.74, 6) is 0.745. The van der Waals surface area contributed by atoms with E-state index in [4.69, 9.17) is 28.3 Å². The average Bonchev–Trinajstić information content (AvgIpc) is 2.88. The molecular weight excluding hydrogens is 317 g/mol. The molecule has 0 saturated carbocycles. The van der Waals surface area contributed by atoms with Gasteiger partial charge < -0.3 is 10.4 Å². The van der Waals surface area contributed by atoms with E-state index in [1.54, 1.807) is 12.1 Å². The van der Waals surface area contributed by atoms with Gasteiger partial charge >= 0.3 is 6.03 Å². The molecule has 0 radical (unpaired) electrons. The summed E-state index contributed by atoms with van der Waals surface area (Å²) < 4.78 is 0. The van der Waals surface area contributed by atoms with Crippen molar-refractivity contribution in [2.24, 2.45) is 0 Å². The van der Waals surface area contributed by atoms with Crippen LogP contribution in [-0.2, 0) is 6.42 Å². The van der Waals surface area contributed by atoms with Crippen molar-refractivity contribution in [1.29, 1.82) is 0 Å². The van der Waals surface area contributed by atoms with Crippen LogP contribution in [-0.4, -0.2) is 32.9 Å². The van der Waals surface area contributed by atoms with Crippen LogP contribution in [0, 0.1) is 0 Å². The first-order valence-electron chi connectivity index (χ1n) is 6.13. The van der Waals surface area contributed by atoms with E-state index >= 15 is 0 Å². The van der Waals surface area contributed by atoms with Gasteiger partial charge in [0.05, 0.1) is 10.0 Å². The SMILES string of the molecule is O=C(Nc1ccc(Cl)c(Cl)c1)Nc1n[nH]c(CCCO)n1. The molecule has 1 heterocycles. The van der Waals surface area contributed by atoms with Gasteiger partial charge in [-0.15, -0.1) is 5.10 Å². The molecule has 0 atom stereocenters. The van der Waals surface area contributed by atoms with Crippen molar-refractivity contribution in [1.82, 2.24) is 15.2 Å². The Morgan fingerprint density at radius 1 is 1.29 bits per heavy atom. The Labute approximate surface area is 130 Å². The maximum atomic E-state index is 11.8. The van der Waals surface area contributed by atoms with E-state index in [2.05, 4.69) is 25.8 Å². The third-order valence-corrected chi connectivity index (χ3v) is 3.25. The van der Waals surface area contributed by atoms with E-state index in [0.29, 0.717) is 34.4 Å². The Hall–Kier alpha value is -1.83. The highest BCUT2D eigenvalue weighted by Crippen LogP contribution is 2.24. The Morgan fingerprint density at radius 3 is 2.81 bits per heavy atom. The molecule has 7 nitrogen and oxygen atoms in total. The summed E-state index contributed by atoms with van der Waals surface area (Å²) >= 11 is 11.6. The minimum atomic E-state index is -0.499. The number of rotatable bonds is 5. The van der Waals surface area contributed by atoms with E-state index in [1.807, 2.05) is 0 Å². The number of urea groups is 1. The number of aliphatic hydroxyl groups excluding tert-OH is 1. The van der Waals surface area contributed by atoms with Crippen LogP contribution in [0.4, 0.5) is 16.4 Å². The molecule has 0 aliphatic rings. The van der Waals surface area contributed by atoms with Crippen LogP contribution in [0.15, 0.2) is 18.2 Å². The second kappa shape index (κ2) is 7.26. The van der Waals surface area contributed by atoms with Crippen LogP contribution < -0.4 is 10.6 Å². The van der Waals surface area contributed by atoms with Crippen LogP contribution in [0.25, 0.3) is 0 Å². The quantitative estimate of drug-likeness (QED) is 0.677. The Morgan fingerprint density at radius 2 is 2.10 bits per heavy atom. The maximum Gasteiger partial charge on any atom is 0.326 e. The van der Waals surface area contributed by atoms with Crippen molar-refractivity contribution in [3.63, 3.8) is 0 Å². The molecule has 0 aliphatic carbocycles. The predicted molar refractivity (Wildman–Crippen MR) is 80.9 cm³/mol. The van der Waals surface area contributed by atoms with E-state index in [1.165, 1.54) is 6.07 Å². The number of hydrogen-bond acceptors (Lipinski definition) is 4. The molecule has 4 N–H and O–H groups in total. The number of aryl methyl sites for hydroxylation is 1. The number of halogens is 2. The number of benzene rings is 1. The van der Waals surface area contributed by atoms with Crippen molar-refractivity contribution in [2.45, 2.75) is 12.8 Å². The Bertz CT molecular complexity index is 632. The van der Waals surface area contributed by atoms with Gasteiger partial charge in [0, 0.05) is 18.7 Å². The first-order chi connectivity index (χ1) is 10.1. The molecule has 0 unspecified atom stereocenters. The van der Waals surface area contributed by atoms with E-state index in [0.717, 1.165) is 0 Å². The minimum absolute atomic E-state index is 0.0707. The lowest BCUT2D eigenvalue weighted by atomic mass is 10.3. The van der Waals surface area contributed by atoms with E-state index in [9.17, 15) is 4.79 Å². The third kappa shape index (κ3) is 4.59. The van der Waals surface area contributed by atoms with Gasteiger partial charge in [-0.3, -0.25) is 10.4 Å². The van der Waals surface area contributed by atoms with Gasteiger partial charge in [-0.1, -0.05) is 23.2 Å². The number of hydrogen-bond donors (Lipinski definition) is 4. The van der Waals surface area contributed by atoms with Crippen LogP contribution in [0.5, 0.6) is 0 Å². The highest BCUT2D eigenvalue weighted by molar-refractivity contribution is 6.42. The van der Waals surface area contributed by atoms with Crippen LogP contribution in [0.3, 0.4) is 0 Å². The lowest BCUT2D eigenvalue weighted by molar-refractivity contribution is 0.262. The van der Waals surface area contributed by atoms with Gasteiger partial charge in [-0.2, -0.15) is 4.98 Å². The maximum absolute atomic E-state index is 11.8. The number of carbonyl (C=O) groups excluding carboxylic acids is 1. The van der Waals surface area contributed by atoms with Gasteiger partial charge in [0.1, 0.15) is 5.82 Å². The van der Waals surface area contributed by atoms with Crippen molar-refractivity contribution in [3.8, 4) is 0 Å². The number of aromatic amines is 1. The van der Waals surface area contributed by atoms with Gasteiger partial charge in [0.25, 0.3) is 0 Å². The molecule has 0 spiro atoms. The van der Waals surface area contributed by atoms with Gasteiger partial charge in [0.15, 0.2) is 0 Å². The fourth-order valence-corrected chi connectivity index (χ4v) is 1.85. The fourth-order valence-electron chi connectivity index (χ4n) is 1.55. The summed E-state index contributed by atoms with van der Waals surface area (Å²) in [6, 6.07) is 4.24. The zero-order chi connectivity index (χ0) is 15.2. The average molecular weight is 330 g/mol. The number of anilines is 2. The van der Waals surface area contributed by atoms with Crippen molar-refractivity contribution >= 4 is 40.9 Å². The first kappa shape index (κ1) is 15.6. The smallest absolute Gasteiger partial charge is 0.326 e. The second-order valence-electron chi connectivity index (χ2n) is 4.14. The number of carbonyl (C=O) groups is 1. The molecular formula is C12H13Cl2N5O2. The van der Waals surface area contributed by atoms with E-state index in [-0.39, 0.29) is 12.6 Å². The zero-order valence-electron chi connectivity index (χ0n) is 10.9. The van der Waals surface area contributed by atoms with Crippen molar-refractivity contribution in [2.75, 3.05) is 17.2 Å². The van der Waals surface area contributed by atoms with Crippen molar-refractivity contribution < 1.29 is 9.90 Å². The summed E-state index contributed by atoms with van der Waals surface area (Å²) in [6.07, 6.45) is 1.13. The molecule has 0 bridgehead atoms. The minimum Gasteiger partial charge on any atom is -0.396 e. The number of H-pyrrole nitrogens is 1. The number of amides is 2. The molecule has 112 valence electrons. The molecule has 2 aromatic rings. The number of aliphatic hydroxyl groups is 1. The number of nitrogens with zero attached hydrogens (tertiary/aromatic N) is 2. The van der Waals surface area contributed by atoms with Crippen LogP contribution in [0.1, 0.15) is 12.2 Å². The second-order valence-corrected chi connectivity index (χ2v) is 4.96. The van der Waals surface area contributed by atoms with Gasteiger partial charge in [-0.25, -0.2) is 4.79 Å². The fraction of sp³-hybridized carbons (Fsp3) is 0.250. The Kier molecular flexibility index (Phi) is 5.38. The molecule has 0 aliphatic heterocycles. The lowest BCUT2D eigenvalue weighted by Crippen LogP contribution is -2.20. The summed E-state index contributed by atoms with van der Waals surface area (Å²) in [6.45, 7) is 0.0707. The number of aromatic nitrogens is 3. The third-order valence-electron chi connectivity index (χ3n) is 2.51. The molecule has 0 fully saturated rings. The van der Waals surface area contributed by atoms with Crippen molar-refractivity contribution in [3.05, 3.63) is 34.1 Å². The topological polar surface area (TPSA) is 103 Å². The predicted octanol–water partition coefficient (Wildman–Crippen LogP) is 2.68. The molecule has 21 heavy (non-hydrogen) atoms. The summed E-state index contributed by atoms with van der Waals surface area (Å²) in [7, 11) is 0. The van der Waals surface area contributed by atoms with Crippen LogP contribution >= 0.6 is 23.2 Å². The van der Waals surface area contributed by atoms with Crippen LogP contribution in [0.2, 0.25) is 10.0 Å². The molecule has 1 aromatic carbocycles. The zero-order valence-corrected chi connectivity index (χ0v) is 12.4. The Balaban J connectivity index is 1.91. The molecule has 2 amide bonds. The highest BCUT2D eigenvalue weighted by Gasteiger charge is 2.08. The van der Waals surface area contributed by atoms with Gasteiger partial charge in [-0.05, 0) is 24.6 Å². The first-order valence-corrected chi connectivity index (χ1v) is 6.89. The molecule has 0 saturated heterocycles. The molecule has 1 aromatic heterocycles. The van der Waals surface area contributed by atoms with Gasteiger partial charge in [0.2, 0.25) is 5.95 Å². The lowest BCUT2D eigenvalue weighted by Gasteiger charge is -2.05. The monoisotopic (exact) mass is 329 g/mol. The summed E-state index contributed by atoms with van der Waals surface area (Å²) in [5, 5.41) is 21.1. The van der Waals surface area contributed by atoms with E-state index < -0.39 is 6.03 Å². The standard InChI is InChI=1S/C12H13Cl2N5O2/c13-8-4-3-7(6-9(8)14)15-12(21)17-11-16-10(18-19-11)2-1-5-20/h3-4,6,20H,1-2,5H2,(H3,15,16,17,18,19,21). The summed E-state index contributed by atoms with van der Waals surface area (Å²) in [5.41, 5.74) is 0.498. The molecule has 2 rings (SSSR count). The highest BCUT2D eigenvalue weighted by atomic mass is 35.5. The molecule has 9 heteroatoms. The normalized spacial score (nSPS) is 10.4. The summed E-state index contributed by atoms with van der Waals surface area (Å²) in [4.78, 5) is 15.8.